The number of hydrogen-bond acceptors (Lipinski definition) is 4. The molecule has 3 aromatic rings. The van der Waals surface area contributed by atoms with Crippen LogP contribution in [0.4, 0.5) is 5.69 Å². The molecule has 0 aromatic heterocycles. The van der Waals surface area contributed by atoms with Crippen LogP contribution in [-0.2, 0) is 26.2 Å². The third kappa shape index (κ3) is 7.50. The van der Waals surface area contributed by atoms with Gasteiger partial charge in [0.05, 0.1) is 10.6 Å². The minimum absolute atomic E-state index is 0.0895. The quantitative estimate of drug-likeness (QED) is 0.352. The molecule has 7 nitrogen and oxygen atoms in total. The second kappa shape index (κ2) is 12.7. The molecule has 8 heteroatoms. The first kappa shape index (κ1) is 30.9. The number of benzene rings is 3. The summed E-state index contributed by atoms with van der Waals surface area (Å²) in [6, 6.07) is 20.5. The van der Waals surface area contributed by atoms with Crippen LogP contribution in [0.5, 0.6) is 0 Å². The molecule has 3 rings (SSSR count). The van der Waals surface area contributed by atoms with Gasteiger partial charge in [-0.15, -0.1) is 0 Å². The highest BCUT2D eigenvalue weighted by Gasteiger charge is 2.35. The van der Waals surface area contributed by atoms with Crippen molar-refractivity contribution in [2.45, 2.75) is 77.9 Å². The molecule has 0 radical (unpaired) electrons. The summed E-state index contributed by atoms with van der Waals surface area (Å²) in [6.45, 7) is 12.9. The number of nitrogens with zero attached hydrogens (tertiary/aromatic N) is 2. The Morgan fingerprint density at radius 2 is 1.50 bits per heavy atom. The summed E-state index contributed by atoms with van der Waals surface area (Å²) in [5, 5.41) is 3.00. The summed E-state index contributed by atoms with van der Waals surface area (Å²) in [5.74, 6) is -0.735. The van der Waals surface area contributed by atoms with Crippen molar-refractivity contribution in [3.05, 3.63) is 95.1 Å². The number of amides is 2. The Bertz CT molecular complexity index is 1450. The van der Waals surface area contributed by atoms with Crippen molar-refractivity contribution >= 4 is 27.5 Å². The molecule has 1 atom stereocenters. The van der Waals surface area contributed by atoms with Gasteiger partial charge in [-0.1, -0.05) is 61.5 Å². The van der Waals surface area contributed by atoms with Crippen molar-refractivity contribution < 1.29 is 18.0 Å². The van der Waals surface area contributed by atoms with Crippen LogP contribution >= 0.6 is 0 Å². The molecule has 0 fully saturated rings. The first-order chi connectivity index (χ1) is 18.7. The van der Waals surface area contributed by atoms with Crippen LogP contribution < -0.4 is 9.62 Å². The lowest BCUT2D eigenvalue weighted by Gasteiger charge is -2.35. The van der Waals surface area contributed by atoms with Crippen LogP contribution in [0.25, 0.3) is 0 Å². The van der Waals surface area contributed by atoms with Crippen LogP contribution in [0.3, 0.4) is 0 Å². The molecule has 2 amide bonds. The van der Waals surface area contributed by atoms with Crippen molar-refractivity contribution in [2.24, 2.45) is 0 Å². The van der Waals surface area contributed by atoms with E-state index >= 15 is 0 Å². The van der Waals surface area contributed by atoms with Gasteiger partial charge < -0.3 is 10.2 Å². The number of sulfonamides is 1. The molecular weight excluding hydrogens is 522 g/mol. The van der Waals surface area contributed by atoms with Crippen molar-refractivity contribution in [1.82, 2.24) is 10.2 Å². The van der Waals surface area contributed by atoms with Crippen molar-refractivity contribution in [3.8, 4) is 0 Å². The van der Waals surface area contributed by atoms with Gasteiger partial charge >= 0.3 is 0 Å². The Kier molecular flexibility index (Phi) is 9.79. The van der Waals surface area contributed by atoms with E-state index in [1.807, 2.05) is 84.9 Å². The van der Waals surface area contributed by atoms with Crippen LogP contribution in [-0.4, -0.2) is 43.3 Å². The maximum Gasteiger partial charge on any atom is 0.264 e. The van der Waals surface area contributed by atoms with Gasteiger partial charge in [0, 0.05) is 12.1 Å². The van der Waals surface area contributed by atoms with Gasteiger partial charge in [-0.05, 0) is 88.4 Å². The number of aryl methyl sites for hydroxylation is 3. The van der Waals surface area contributed by atoms with Gasteiger partial charge in [0.2, 0.25) is 11.8 Å². The van der Waals surface area contributed by atoms with E-state index in [0.29, 0.717) is 12.1 Å². The number of carbonyl (C=O) groups excluding carboxylic acids is 2. The molecule has 0 spiro atoms. The Hall–Kier alpha value is -3.65. The van der Waals surface area contributed by atoms with Gasteiger partial charge in [0.1, 0.15) is 12.6 Å². The van der Waals surface area contributed by atoms with Gasteiger partial charge in [-0.2, -0.15) is 0 Å². The van der Waals surface area contributed by atoms with Gasteiger partial charge in [-0.3, -0.25) is 13.9 Å². The Morgan fingerprint density at radius 3 is 2.10 bits per heavy atom. The normalized spacial score (nSPS) is 12.5. The lowest BCUT2D eigenvalue weighted by Crippen LogP contribution is -2.55. The molecule has 0 heterocycles. The van der Waals surface area contributed by atoms with Crippen LogP contribution in [0.15, 0.2) is 77.7 Å². The third-order valence-corrected chi connectivity index (χ3v) is 8.50. The molecule has 0 saturated carbocycles. The van der Waals surface area contributed by atoms with Crippen LogP contribution in [0.2, 0.25) is 0 Å². The first-order valence-corrected chi connectivity index (χ1v) is 15.0. The van der Waals surface area contributed by atoms with Gasteiger partial charge in [-0.25, -0.2) is 8.42 Å². The molecule has 1 N–H and O–H groups in total. The van der Waals surface area contributed by atoms with Crippen molar-refractivity contribution in [2.75, 3.05) is 10.8 Å². The zero-order valence-electron chi connectivity index (χ0n) is 24.6. The molecule has 0 aliphatic carbocycles. The number of anilines is 1. The second-order valence-electron chi connectivity index (χ2n) is 11.2. The van der Waals surface area contributed by atoms with E-state index in [4.69, 9.17) is 0 Å². The average molecular weight is 564 g/mol. The van der Waals surface area contributed by atoms with E-state index in [1.165, 1.54) is 21.3 Å². The summed E-state index contributed by atoms with van der Waals surface area (Å²) in [7, 11) is -4.10. The zero-order chi connectivity index (χ0) is 29.7. The molecule has 0 unspecified atom stereocenters. The highest BCUT2D eigenvalue weighted by atomic mass is 32.2. The van der Waals surface area contributed by atoms with Crippen LogP contribution in [0.1, 0.15) is 56.4 Å². The predicted octanol–water partition coefficient (Wildman–Crippen LogP) is 5.53. The second-order valence-corrected chi connectivity index (χ2v) is 13.1. The van der Waals surface area contributed by atoms with E-state index in [-0.39, 0.29) is 17.3 Å². The largest absolute Gasteiger partial charge is 0.350 e. The SMILES string of the molecule is CC[C@H](C(=O)NC(C)(C)C)N(Cc1ccccc1C)C(=O)CN(c1cc(C)ccc1C)S(=O)(=O)c1ccccc1. The number of carbonyl (C=O) groups is 2. The Balaban J connectivity index is 2.12. The molecule has 3 aromatic carbocycles. The van der Waals surface area contributed by atoms with E-state index in [0.717, 1.165) is 22.3 Å². The molecule has 214 valence electrons. The first-order valence-electron chi connectivity index (χ1n) is 13.6. The summed E-state index contributed by atoms with van der Waals surface area (Å²) >= 11 is 0. The lowest BCUT2D eigenvalue weighted by atomic mass is 10.0. The van der Waals surface area contributed by atoms with Crippen molar-refractivity contribution in [3.63, 3.8) is 0 Å². The summed E-state index contributed by atoms with van der Waals surface area (Å²) < 4.78 is 29.2. The van der Waals surface area contributed by atoms with E-state index in [1.54, 1.807) is 24.3 Å². The van der Waals surface area contributed by atoms with E-state index < -0.39 is 34.1 Å². The fourth-order valence-electron chi connectivity index (χ4n) is 4.56. The monoisotopic (exact) mass is 563 g/mol. The summed E-state index contributed by atoms with van der Waals surface area (Å²) in [4.78, 5) is 29.3. The molecule has 0 aliphatic heterocycles. The summed E-state index contributed by atoms with van der Waals surface area (Å²) in [5.41, 5.74) is 3.40. The maximum atomic E-state index is 14.2. The minimum atomic E-state index is -4.10. The number of nitrogens with one attached hydrogen (secondary N) is 1. The topological polar surface area (TPSA) is 86.8 Å². The lowest BCUT2D eigenvalue weighted by molar-refractivity contribution is -0.141. The highest BCUT2D eigenvalue weighted by Crippen LogP contribution is 2.29. The fourth-order valence-corrected chi connectivity index (χ4v) is 6.06. The maximum absolute atomic E-state index is 14.2. The number of rotatable bonds is 10. The smallest absolute Gasteiger partial charge is 0.264 e. The molecule has 40 heavy (non-hydrogen) atoms. The van der Waals surface area contributed by atoms with Gasteiger partial charge in [0.15, 0.2) is 0 Å². The minimum Gasteiger partial charge on any atom is -0.350 e. The third-order valence-electron chi connectivity index (χ3n) is 6.73. The Labute approximate surface area is 239 Å². The van der Waals surface area contributed by atoms with Crippen LogP contribution in [0, 0.1) is 20.8 Å². The van der Waals surface area contributed by atoms with E-state index in [9.17, 15) is 18.0 Å². The highest BCUT2D eigenvalue weighted by molar-refractivity contribution is 7.92. The summed E-state index contributed by atoms with van der Waals surface area (Å²) in [6.07, 6.45) is 0.369. The molecule has 0 bridgehead atoms. The average Bonchev–Trinajstić information content (AvgIpc) is 2.89. The zero-order valence-corrected chi connectivity index (χ0v) is 25.4. The molecule has 0 saturated heterocycles. The predicted molar refractivity (Wildman–Crippen MR) is 161 cm³/mol. The van der Waals surface area contributed by atoms with E-state index in [2.05, 4.69) is 5.32 Å². The molecule has 0 aliphatic rings. The Morgan fingerprint density at radius 1 is 0.875 bits per heavy atom. The van der Waals surface area contributed by atoms with Crippen molar-refractivity contribution in [1.29, 1.82) is 0 Å². The molecular formula is C32H41N3O4S. The number of hydrogen-bond donors (Lipinski definition) is 1. The standard InChI is InChI=1S/C32H41N3O4S/c1-8-28(31(37)33-32(5,6)7)34(21-26-15-13-12-14-24(26)3)30(36)22-35(29-20-23(2)18-19-25(29)4)40(38,39)27-16-10-9-11-17-27/h9-20,28H,8,21-22H2,1-7H3,(H,33,37)/t28-/m1/s1. The fraction of sp³-hybridized carbons (Fsp3) is 0.375. The van der Waals surface area contributed by atoms with Gasteiger partial charge in [0.25, 0.3) is 10.0 Å².